The van der Waals surface area contributed by atoms with Gasteiger partial charge in [0.05, 0.1) is 10.8 Å². The highest BCUT2D eigenvalue weighted by molar-refractivity contribution is 7.92. The van der Waals surface area contributed by atoms with Crippen LogP contribution in [-0.4, -0.2) is 19.4 Å². The third-order valence-electron chi connectivity index (χ3n) is 3.64. The highest BCUT2D eigenvalue weighted by Gasteiger charge is 2.40. The summed E-state index contributed by atoms with van der Waals surface area (Å²) in [5.74, 6) is 5.64. The maximum atomic E-state index is 12.0. The molecule has 2 aromatic rings. The van der Waals surface area contributed by atoms with E-state index >= 15 is 0 Å². The molecule has 6 heteroatoms. The Bertz CT molecular complexity index is 689. The zero-order chi connectivity index (χ0) is 14.3. The van der Waals surface area contributed by atoms with E-state index in [0.29, 0.717) is 0 Å². The molecular formula is C13H18N2O2S2. The molecule has 19 heavy (non-hydrogen) atoms. The molecule has 0 aliphatic rings. The van der Waals surface area contributed by atoms with E-state index in [2.05, 4.69) is 5.43 Å². The maximum Gasteiger partial charge on any atom is 0.154 e. The molecule has 0 saturated carbocycles. The molecule has 1 unspecified atom stereocenters. The molecule has 2 rings (SSSR count). The minimum absolute atomic E-state index is 0.454. The summed E-state index contributed by atoms with van der Waals surface area (Å²) < 4.78 is 24.1. The first-order valence-electron chi connectivity index (χ1n) is 5.91. The van der Waals surface area contributed by atoms with Gasteiger partial charge in [0.15, 0.2) is 9.84 Å². The zero-order valence-electron chi connectivity index (χ0n) is 11.2. The summed E-state index contributed by atoms with van der Waals surface area (Å²) in [6.45, 7) is 3.39. The summed E-state index contributed by atoms with van der Waals surface area (Å²) in [7, 11) is -3.25. The van der Waals surface area contributed by atoms with Gasteiger partial charge in [-0.15, -0.1) is 11.3 Å². The molecular weight excluding hydrogens is 280 g/mol. The molecule has 0 radical (unpaired) electrons. The van der Waals surface area contributed by atoms with Gasteiger partial charge in [0, 0.05) is 11.0 Å². The summed E-state index contributed by atoms with van der Waals surface area (Å²) in [4.78, 5) is 0. The highest BCUT2D eigenvalue weighted by Crippen LogP contribution is 2.37. The largest absolute Gasteiger partial charge is 0.271 e. The summed E-state index contributed by atoms with van der Waals surface area (Å²) in [6.07, 6.45) is 1.24. The van der Waals surface area contributed by atoms with Crippen molar-refractivity contribution in [2.24, 2.45) is 5.84 Å². The van der Waals surface area contributed by atoms with Crippen LogP contribution in [0.1, 0.15) is 25.5 Å². The Hall–Kier alpha value is -0.950. The predicted octanol–water partition coefficient (Wildman–Crippen LogP) is 2.23. The van der Waals surface area contributed by atoms with Crippen molar-refractivity contribution in [1.29, 1.82) is 0 Å². The van der Waals surface area contributed by atoms with Crippen LogP contribution in [0.3, 0.4) is 0 Å². The van der Waals surface area contributed by atoms with Gasteiger partial charge in [-0.05, 0) is 36.2 Å². The molecule has 0 fully saturated rings. The number of nitrogens with one attached hydrogen (secondary N) is 1. The van der Waals surface area contributed by atoms with Gasteiger partial charge in [-0.25, -0.2) is 8.42 Å². The molecule has 0 amide bonds. The second-order valence-electron chi connectivity index (χ2n) is 5.16. The number of benzene rings is 1. The van der Waals surface area contributed by atoms with Gasteiger partial charge in [0.25, 0.3) is 0 Å². The van der Waals surface area contributed by atoms with Crippen molar-refractivity contribution in [3.8, 4) is 0 Å². The van der Waals surface area contributed by atoms with Crippen molar-refractivity contribution in [3.05, 3.63) is 35.2 Å². The molecule has 0 saturated heterocycles. The summed E-state index contributed by atoms with van der Waals surface area (Å²) >= 11 is 1.59. The lowest BCUT2D eigenvalue weighted by Gasteiger charge is -2.32. The van der Waals surface area contributed by atoms with Gasteiger partial charge >= 0.3 is 0 Å². The van der Waals surface area contributed by atoms with Crippen LogP contribution < -0.4 is 11.3 Å². The minimum Gasteiger partial charge on any atom is -0.271 e. The molecule has 4 nitrogen and oxygen atoms in total. The van der Waals surface area contributed by atoms with Gasteiger partial charge in [0.2, 0.25) is 0 Å². The number of fused-ring (bicyclic) bond motifs is 1. The van der Waals surface area contributed by atoms with Crippen LogP contribution in [0.25, 0.3) is 10.1 Å². The van der Waals surface area contributed by atoms with Crippen LogP contribution in [0.15, 0.2) is 29.6 Å². The lowest BCUT2D eigenvalue weighted by atomic mass is 9.95. The third kappa shape index (κ3) is 2.41. The molecule has 1 aromatic carbocycles. The first-order chi connectivity index (χ1) is 8.79. The van der Waals surface area contributed by atoms with Gasteiger partial charge in [-0.1, -0.05) is 18.2 Å². The SMILES string of the molecule is CC(C)(C(NN)c1cccc2ccsc12)S(C)(=O)=O. The van der Waals surface area contributed by atoms with E-state index in [1.165, 1.54) is 6.26 Å². The Morgan fingerprint density at radius 3 is 2.58 bits per heavy atom. The fourth-order valence-electron chi connectivity index (χ4n) is 2.12. The number of hydrazine groups is 1. The first-order valence-corrected chi connectivity index (χ1v) is 8.68. The summed E-state index contributed by atoms with van der Waals surface area (Å²) in [6, 6.07) is 7.43. The summed E-state index contributed by atoms with van der Waals surface area (Å²) in [5, 5.41) is 3.10. The molecule has 0 aliphatic heterocycles. The minimum atomic E-state index is -3.25. The fraction of sp³-hybridized carbons (Fsp3) is 0.385. The normalized spacial score (nSPS) is 14.7. The molecule has 1 atom stereocenters. The Balaban J connectivity index is 2.63. The number of sulfone groups is 1. The van der Waals surface area contributed by atoms with Crippen LogP contribution in [0, 0.1) is 0 Å². The lowest BCUT2D eigenvalue weighted by molar-refractivity contribution is 0.430. The van der Waals surface area contributed by atoms with Crippen molar-refractivity contribution in [2.45, 2.75) is 24.6 Å². The number of nitrogens with two attached hydrogens (primary N) is 1. The molecule has 0 spiro atoms. The second-order valence-corrected chi connectivity index (χ2v) is 8.67. The highest BCUT2D eigenvalue weighted by atomic mass is 32.2. The lowest BCUT2D eigenvalue weighted by Crippen LogP contribution is -2.47. The van der Waals surface area contributed by atoms with Crippen LogP contribution in [0.2, 0.25) is 0 Å². The number of hydrogen-bond donors (Lipinski definition) is 2. The monoisotopic (exact) mass is 298 g/mol. The summed E-state index contributed by atoms with van der Waals surface area (Å²) in [5.41, 5.74) is 3.60. The van der Waals surface area contributed by atoms with Crippen molar-refractivity contribution < 1.29 is 8.42 Å². The van der Waals surface area contributed by atoms with Crippen LogP contribution in [-0.2, 0) is 9.84 Å². The van der Waals surface area contributed by atoms with Crippen molar-refractivity contribution >= 4 is 31.3 Å². The molecule has 1 heterocycles. The Morgan fingerprint density at radius 1 is 1.32 bits per heavy atom. The van der Waals surface area contributed by atoms with Gasteiger partial charge in [-0.3, -0.25) is 11.3 Å². The van der Waals surface area contributed by atoms with E-state index in [1.54, 1.807) is 25.2 Å². The third-order valence-corrected chi connectivity index (χ3v) is 6.76. The van der Waals surface area contributed by atoms with Crippen molar-refractivity contribution in [1.82, 2.24) is 5.43 Å². The second kappa shape index (κ2) is 4.86. The smallest absolute Gasteiger partial charge is 0.154 e. The number of thiophene rings is 1. The number of hydrogen-bond acceptors (Lipinski definition) is 5. The van der Waals surface area contributed by atoms with Crippen molar-refractivity contribution in [2.75, 3.05) is 6.26 Å². The molecule has 3 N–H and O–H groups in total. The van der Waals surface area contributed by atoms with E-state index in [4.69, 9.17) is 5.84 Å². The van der Waals surface area contributed by atoms with E-state index < -0.39 is 20.6 Å². The Morgan fingerprint density at radius 2 is 2.00 bits per heavy atom. The molecule has 0 aliphatic carbocycles. The molecule has 1 aromatic heterocycles. The van der Waals surface area contributed by atoms with E-state index in [9.17, 15) is 8.42 Å². The average Bonchev–Trinajstić information content (AvgIpc) is 2.76. The van der Waals surface area contributed by atoms with Crippen LogP contribution >= 0.6 is 11.3 Å². The van der Waals surface area contributed by atoms with Crippen LogP contribution in [0.4, 0.5) is 0 Å². The fourth-order valence-corrected chi connectivity index (χ4v) is 3.69. The Kier molecular flexibility index (Phi) is 3.70. The standard InChI is InChI=1S/C13H18N2O2S2/c1-13(2,19(3,16)17)12(15-14)10-6-4-5-9-7-8-18-11(9)10/h4-8,12,15H,14H2,1-3H3. The quantitative estimate of drug-likeness (QED) is 0.670. The van der Waals surface area contributed by atoms with E-state index in [0.717, 1.165) is 15.6 Å². The number of rotatable bonds is 4. The van der Waals surface area contributed by atoms with E-state index in [1.807, 2.05) is 29.6 Å². The maximum absolute atomic E-state index is 12.0. The van der Waals surface area contributed by atoms with Crippen molar-refractivity contribution in [3.63, 3.8) is 0 Å². The topological polar surface area (TPSA) is 72.2 Å². The van der Waals surface area contributed by atoms with Gasteiger partial charge in [0.1, 0.15) is 0 Å². The molecule has 0 bridgehead atoms. The van der Waals surface area contributed by atoms with Crippen LogP contribution in [0.5, 0.6) is 0 Å². The zero-order valence-corrected chi connectivity index (χ0v) is 12.8. The van der Waals surface area contributed by atoms with E-state index in [-0.39, 0.29) is 0 Å². The first kappa shape index (κ1) is 14.5. The predicted molar refractivity (Wildman–Crippen MR) is 80.8 cm³/mol. The Labute approximate surface area is 117 Å². The molecule has 104 valence electrons. The van der Waals surface area contributed by atoms with Gasteiger partial charge < -0.3 is 0 Å². The average molecular weight is 298 g/mol. The van der Waals surface area contributed by atoms with Gasteiger partial charge in [-0.2, -0.15) is 0 Å².